The van der Waals surface area contributed by atoms with E-state index in [1.54, 1.807) is 0 Å². The fraction of sp³-hybridized carbons (Fsp3) is 0.444. The van der Waals surface area contributed by atoms with Crippen LogP contribution in [0.1, 0.15) is 29.7 Å². The molecular formula is C18H20N6. The van der Waals surface area contributed by atoms with Crippen molar-refractivity contribution in [1.29, 1.82) is 5.26 Å². The number of nitrogens with one attached hydrogen (secondary N) is 1. The smallest absolute Gasteiger partial charge is 0.244 e. The summed E-state index contributed by atoms with van der Waals surface area (Å²) in [6.45, 7) is 2.57. The highest BCUT2D eigenvalue weighted by Gasteiger charge is 2.23. The molecule has 1 aromatic heterocycles. The van der Waals surface area contributed by atoms with Gasteiger partial charge in [-0.05, 0) is 42.7 Å². The van der Waals surface area contributed by atoms with Gasteiger partial charge in [0.05, 0.1) is 0 Å². The Morgan fingerprint density at radius 1 is 1.12 bits per heavy atom. The molecule has 4 rings (SSSR count). The fourth-order valence-corrected chi connectivity index (χ4v) is 3.12. The molecule has 1 saturated carbocycles. The van der Waals surface area contributed by atoms with Gasteiger partial charge >= 0.3 is 0 Å². The third-order valence-corrected chi connectivity index (χ3v) is 4.74. The molecule has 0 radical (unpaired) electrons. The lowest BCUT2D eigenvalue weighted by Gasteiger charge is -2.22. The quantitative estimate of drug-likeness (QED) is 0.930. The normalized spacial score (nSPS) is 16.9. The van der Waals surface area contributed by atoms with Gasteiger partial charge < -0.3 is 10.2 Å². The van der Waals surface area contributed by atoms with Gasteiger partial charge in [-0.1, -0.05) is 24.3 Å². The third-order valence-electron chi connectivity index (χ3n) is 4.74. The van der Waals surface area contributed by atoms with E-state index in [9.17, 15) is 5.26 Å². The van der Waals surface area contributed by atoms with Crippen LogP contribution in [-0.2, 0) is 12.8 Å². The summed E-state index contributed by atoms with van der Waals surface area (Å²) in [6.07, 6.45) is 4.45. The minimum Gasteiger partial charge on any atom is -0.353 e. The first-order valence-electron chi connectivity index (χ1n) is 8.54. The van der Waals surface area contributed by atoms with E-state index in [2.05, 4.69) is 55.7 Å². The molecule has 2 aromatic rings. The molecule has 0 amide bonds. The molecule has 0 atom stereocenters. The molecule has 2 aliphatic rings. The van der Waals surface area contributed by atoms with Crippen molar-refractivity contribution >= 4 is 11.8 Å². The molecule has 6 nitrogen and oxygen atoms in total. The van der Waals surface area contributed by atoms with Gasteiger partial charge in [-0.3, -0.25) is 0 Å². The molecule has 122 valence electrons. The lowest BCUT2D eigenvalue weighted by molar-refractivity contribution is 0.770. The van der Waals surface area contributed by atoms with Crippen LogP contribution in [0.15, 0.2) is 24.3 Å². The molecule has 1 aliphatic heterocycles. The van der Waals surface area contributed by atoms with Crippen LogP contribution < -0.4 is 10.2 Å². The van der Waals surface area contributed by atoms with E-state index in [1.807, 2.05) is 0 Å². The van der Waals surface area contributed by atoms with Crippen molar-refractivity contribution in [2.75, 3.05) is 29.9 Å². The largest absolute Gasteiger partial charge is 0.353 e. The molecule has 6 heteroatoms. The molecule has 24 heavy (non-hydrogen) atoms. The Morgan fingerprint density at radius 3 is 2.46 bits per heavy atom. The van der Waals surface area contributed by atoms with Crippen LogP contribution in [0, 0.1) is 17.2 Å². The average Bonchev–Trinajstić information content (AvgIpc) is 3.46. The molecule has 1 fully saturated rings. The van der Waals surface area contributed by atoms with Gasteiger partial charge in [-0.2, -0.15) is 10.2 Å². The second-order valence-corrected chi connectivity index (χ2v) is 6.50. The Labute approximate surface area is 141 Å². The number of hydrogen-bond acceptors (Lipinski definition) is 6. The van der Waals surface area contributed by atoms with Gasteiger partial charge in [-0.25, -0.2) is 0 Å². The Morgan fingerprint density at radius 2 is 1.83 bits per heavy atom. The van der Waals surface area contributed by atoms with Crippen LogP contribution in [0.3, 0.4) is 0 Å². The van der Waals surface area contributed by atoms with Crippen LogP contribution in [0.5, 0.6) is 0 Å². The standard InChI is InChI=1S/C18H20N6/c19-11-16-17(21-18(23-22-16)20-12-13-5-6-13)24-9-7-14-3-1-2-4-15(14)8-10-24/h1-4,13H,5-10,12H2,(H,20,21,23). The first kappa shape index (κ1) is 14.9. The number of aromatic nitrogens is 3. The lowest BCUT2D eigenvalue weighted by atomic mass is 10.0. The summed E-state index contributed by atoms with van der Waals surface area (Å²) < 4.78 is 0. The Hall–Kier alpha value is -2.68. The lowest BCUT2D eigenvalue weighted by Crippen LogP contribution is -2.29. The number of hydrogen-bond donors (Lipinski definition) is 1. The van der Waals surface area contributed by atoms with E-state index in [1.165, 1.54) is 24.0 Å². The minimum absolute atomic E-state index is 0.304. The topological polar surface area (TPSA) is 77.7 Å². The number of nitriles is 1. The maximum Gasteiger partial charge on any atom is 0.244 e. The van der Waals surface area contributed by atoms with Gasteiger partial charge in [0, 0.05) is 19.6 Å². The Balaban J connectivity index is 1.55. The highest BCUT2D eigenvalue weighted by Crippen LogP contribution is 2.29. The van der Waals surface area contributed by atoms with Crippen molar-refractivity contribution in [2.24, 2.45) is 5.92 Å². The molecule has 0 bridgehead atoms. The van der Waals surface area contributed by atoms with E-state index in [-0.39, 0.29) is 0 Å². The second-order valence-electron chi connectivity index (χ2n) is 6.50. The predicted molar refractivity (Wildman–Crippen MR) is 91.8 cm³/mol. The summed E-state index contributed by atoms with van der Waals surface area (Å²) in [5.41, 5.74) is 3.07. The molecule has 0 spiro atoms. The summed E-state index contributed by atoms with van der Waals surface area (Å²) in [5.74, 6) is 1.91. The number of rotatable bonds is 4. The summed E-state index contributed by atoms with van der Waals surface area (Å²) in [4.78, 5) is 6.75. The number of anilines is 2. The van der Waals surface area contributed by atoms with E-state index in [4.69, 9.17) is 0 Å². The zero-order valence-electron chi connectivity index (χ0n) is 13.6. The maximum atomic E-state index is 9.37. The predicted octanol–water partition coefficient (Wildman–Crippen LogP) is 2.17. The zero-order valence-corrected chi connectivity index (χ0v) is 13.6. The monoisotopic (exact) mass is 320 g/mol. The number of benzene rings is 1. The van der Waals surface area contributed by atoms with Crippen molar-refractivity contribution in [3.05, 3.63) is 41.1 Å². The van der Waals surface area contributed by atoms with E-state index >= 15 is 0 Å². The van der Waals surface area contributed by atoms with Gasteiger partial charge in [0.2, 0.25) is 11.6 Å². The first-order chi connectivity index (χ1) is 11.8. The van der Waals surface area contributed by atoms with E-state index in [0.717, 1.165) is 38.4 Å². The summed E-state index contributed by atoms with van der Waals surface area (Å²) in [7, 11) is 0. The molecule has 0 unspecified atom stereocenters. The van der Waals surface area contributed by atoms with Gasteiger partial charge in [0.25, 0.3) is 0 Å². The Kier molecular flexibility index (Phi) is 3.99. The summed E-state index contributed by atoms with van der Waals surface area (Å²) >= 11 is 0. The van der Waals surface area contributed by atoms with Gasteiger partial charge in [0.1, 0.15) is 6.07 Å². The molecule has 2 heterocycles. The van der Waals surface area contributed by atoms with Gasteiger partial charge in [-0.15, -0.1) is 10.2 Å². The molecule has 0 saturated heterocycles. The second kappa shape index (κ2) is 6.44. The van der Waals surface area contributed by atoms with E-state index in [0.29, 0.717) is 17.5 Å². The number of fused-ring (bicyclic) bond motifs is 1. The van der Waals surface area contributed by atoms with Crippen LogP contribution >= 0.6 is 0 Å². The summed E-state index contributed by atoms with van der Waals surface area (Å²) in [5, 5.41) is 20.7. The third kappa shape index (κ3) is 3.16. The SMILES string of the molecule is N#Cc1nnc(NCC2CC2)nc1N1CCc2ccccc2CC1. The zero-order chi connectivity index (χ0) is 16.4. The van der Waals surface area contributed by atoms with Crippen LogP contribution in [0.4, 0.5) is 11.8 Å². The van der Waals surface area contributed by atoms with Crippen molar-refractivity contribution in [3.63, 3.8) is 0 Å². The molecular weight excluding hydrogens is 300 g/mol. The average molecular weight is 320 g/mol. The van der Waals surface area contributed by atoms with E-state index < -0.39 is 0 Å². The van der Waals surface area contributed by atoms with Crippen LogP contribution in [-0.4, -0.2) is 34.8 Å². The van der Waals surface area contributed by atoms with Crippen LogP contribution in [0.25, 0.3) is 0 Å². The molecule has 1 N–H and O–H groups in total. The van der Waals surface area contributed by atoms with Gasteiger partial charge in [0.15, 0.2) is 5.82 Å². The first-order valence-corrected chi connectivity index (χ1v) is 8.54. The highest BCUT2D eigenvalue weighted by atomic mass is 15.3. The fourth-order valence-electron chi connectivity index (χ4n) is 3.12. The minimum atomic E-state index is 0.304. The van der Waals surface area contributed by atoms with Crippen molar-refractivity contribution in [3.8, 4) is 6.07 Å². The maximum absolute atomic E-state index is 9.37. The number of nitrogens with zero attached hydrogens (tertiary/aromatic N) is 5. The highest BCUT2D eigenvalue weighted by molar-refractivity contribution is 5.52. The molecule has 1 aliphatic carbocycles. The summed E-state index contributed by atoms with van der Waals surface area (Å²) in [6, 6.07) is 10.7. The van der Waals surface area contributed by atoms with Crippen molar-refractivity contribution < 1.29 is 0 Å². The molecule has 1 aromatic carbocycles. The van der Waals surface area contributed by atoms with Crippen molar-refractivity contribution in [1.82, 2.24) is 15.2 Å². The van der Waals surface area contributed by atoms with Crippen molar-refractivity contribution in [2.45, 2.75) is 25.7 Å². The Bertz CT molecular complexity index is 750. The van der Waals surface area contributed by atoms with Crippen LogP contribution in [0.2, 0.25) is 0 Å².